The molecule has 104 valence electrons. The van der Waals surface area contributed by atoms with Crippen LogP contribution in [-0.2, 0) is 19.6 Å². The van der Waals surface area contributed by atoms with Crippen molar-refractivity contribution >= 4 is 21.9 Å². The summed E-state index contributed by atoms with van der Waals surface area (Å²) < 4.78 is 24.4. The summed E-state index contributed by atoms with van der Waals surface area (Å²) in [6, 6.07) is -1.16. The number of carbonyl (C=O) groups is 2. The maximum absolute atomic E-state index is 11.6. The van der Waals surface area contributed by atoms with Crippen molar-refractivity contribution in [2.45, 2.75) is 32.4 Å². The van der Waals surface area contributed by atoms with Gasteiger partial charge in [-0.05, 0) is 6.92 Å². The van der Waals surface area contributed by atoms with Crippen LogP contribution in [0.25, 0.3) is 0 Å². The maximum Gasteiger partial charge on any atom is 0.305 e. The summed E-state index contributed by atoms with van der Waals surface area (Å²) in [5.41, 5.74) is 0. The average Bonchev–Trinajstić information content (AvgIpc) is 2.17. The molecule has 7 nitrogen and oxygen atoms in total. The predicted molar refractivity (Wildman–Crippen MR) is 64.4 cm³/mol. The fraction of sp³-hybridized carbons (Fsp3) is 0.800. The molecule has 1 fully saturated rings. The van der Waals surface area contributed by atoms with Crippen LogP contribution in [0.5, 0.6) is 0 Å². The van der Waals surface area contributed by atoms with Crippen molar-refractivity contribution in [1.82, 2.24) is 9.21 Å². The minimum absolute atomic E-state index is 0.140. The highest BCUT2D eigenvalue weighted by Gasteiger charge is 2.40. The lowest BCUT2D eigenvalue weighted by Crippen LogP contribution is -2.61. The van der Waals surface area contributed by atoms with E-state index in [1.807, 2.05) is 0 Å². The molecule has 1 amide bonds. The van der Waals surface area contributed by atoms with Crippen LogP contribution in [0.2, 0.25) is 0 Å². The van der Waals surface area contributed by atoms with Gasteiger partial charge in [-0.15, -0.1) is 0 Å². The Kier molecular flexibility index (Phi) is 4.33. The molecule has 0 unspecified atom stereocenters. The lowest BCUT2D eigenvalue weighted by Gasteiger charge is -2.44. The van der Waals surface area contributed by atoms with Gasteiger partial charge >= 0.3 is 5.97 Å². The van der Waals surface area contributed by atoms with Gasteiger partial charge in [-0.1, -0.05) is 0 Å². The van der Waals surface area contributed by atoms with Gasteiger partial charge in [0, 0.05) is 26.1 Å². The Morgan fingerprint density at radius 2 is 1.89 bits per heavy atom. The van der Waals surface area contributed by atoms with Crippen LogP contribution in [0, 0.1) is 0 Å². The molecule has 0 aromatic heterocycles. The number of nitrogens with zero attached hydrogens (tertiary/aromatic N) is 2. The molecule has 0 aliphatic carbocycles. The van der Waals surface area contributed by atoms with Gasteiger partial charge in [-0.25, -0.2) is 8.42 Å². The molecule has 1 saturated heterocycles. The van der Waals surface area contributed by atoms with Crippen LogP contribution in [-0.4, -0.2) is 66.0 Å². The Morgan fingerprint density at radius 1 is 1.33 bits per heavy atom. The minimum atomic E-state index is -3.47. The van der Waals surface area contributed by atoms with E-state index in [4.69, 9.17) is 5.11 Å². The molecule has 0 spiro atoms. The molecule has 0 bridgehead atoms. The second kappa shape index (κ2) is 5.23. The molecular formula is C10H18N2O5S. The fourth-order valence-corrected chi connectivity index (χ4v) is 3.49. The maximum atomic E-state index is 11.6. The van der Waals surface area contributed by atoms with Crippen LogP contribution in [0.1, 0.15) is 20.3 Å². The number of amides is 1. The standard InChI is InChI=1S/C10H18N2O5S/c1-7-9(6-10(14)15)12(18(3,16)17)5-4-11(7)8(2)13/h7,9H,4-6H2,1-3H3,(H,14,15)/t7-,9-/m1/s1. The van der Waals surface area contributed by atoms with Gasteiger partial charge in [0.15, 0.2) is 0 Å². The summed E-state index contributed by atoms with van der Waals surface area (Å²) in [6.45, 7) is 3.50. The lowest BCUT2D eigenvalue weighted by atomic mass is 10.0. The van der Waals surface area contributed by atoms with Crippen molar-refractivity contribution in [2.75, 3.05) is 19.3 Å². The van der Waals surface area contributed by atoms with Crippen molar-refractivity contribution in [1.29, 1.82) is 0 Å². The van der Waals surface area contributed by atoms with Gasteiger partial charge in [-0.2, -0.15) is 4.31 Å². The molecule has 0 aromatic carbocycles. The molecule has 1 aliphatic heterocycles. The monoisotopic (exact) mass is 278 g/mol. The number of rotatable bonds is 3. The van der Waals surface area contributed by atoms with Crippen LogP contribution < -0.4 is 0 Å². The highest BCUT2D eigenvalue weighted by Crippen LogP contribution is 2.22. The molecule has 1 heterocycles. The van der Waals surface area contributed by atoms with Crippen molar-refractivity contribution in [3.05, 3.63) is 0 Å². The number of aliphatic carboxylic acids is 1. The Hall–Kier alpha value is -1.15. The smallest absolute Gasteiger partial charge is 0.305 e. The first-order valence-corrected chi connectivity index (χ1v) is 7.45. The van der Waals surface area contributed by atoms with Gasteiger partial charge in [0.05, 0.1) is 18.7 Å². The van der Waals surface area contributed by atoms with Crippen molar-refractivity contribution in [2.24, 2.45) is 0 Å². The van der Waals surface area contributed by atoms with E-state index < -0.39 is 28.1 Å². The van der Waals surface area contributed by atoms with E-state index in [1.165, 1.54) is 16.1 Å². The second-order valence-corrected chi connectivity index (χ2v) is 6.43. The molecular weight excluding hydrogens is 260 g/mol. The molecule has 1 N–H and O–H groups in total. The van der Waals surface area contributed by atoms with E-state index >= 15 is 0 Å². The molecule has 1 aliphatic rings. The van der Waals surface area contributed by atoms with Crippen molar-refractivity contribution in [3.8, 4) is 0 Å². The SMILES string of the molecule is CC(=O)N1CCN(S(C)(=O)=O)[C@H](CC(=O)O)[C@H]1C. The topological polar surface area (TPSA) is 95.0 Å². The van der Waals surface area contributed by atoms with Gasteiger partial charge in [0.25, 0.3) is 0 Å². The summed E-state index contributed by atoms with van der Waals surface area (Å²) in [7, 11) is -3.47. The zero-order valence-corrected chi connectivity index (χ0v) is 11.5. The molecule has 8 heteroatoms. The van der Waals surface area contributed by atoms with Crippen molar-refractivity contribution in [3.63, 3.8) is 0 Å². The van der Waals surface area contributed by atoms with E-state index in [0.717, 1.165) is 6.26 Å². The predicted octanol–water partition coefficient (Wildman–Crippen LogP) is -0.658. The first kappa shape index (κ1) is 14.9. The van der Waals surface area contributed by atoms with Crippen LogP contribution >= 0.6 is 0 Å². The zero-order valence-electron chi connectivity index (χ0n) is 10.7. The van der Waals surface area contributed by atoms with Gasteiger partial charge in [0.1, 0.15) is 0 Å². The van der Waals surface area contributed by atoms with Crippen molar-refractivity contribution < 1.29 is 23.1 Å². The first-order chi connectivity index (χ1) is 8.14. The van der Waals surface area contributed by atoms with Gasteiger partial charge in [-0.3, -0.25) is 9.59 Å². The molecule has 0 saturated carbocycles. The summed E-state index contributed by atoms with van der Waals surface area (Å²) in [4.78, 5) is 23.8. The summed E-state index contributed by atoms with van der Waals surface area (Å²) >= 11 is 0. The molecule has 0 aromatic rings. The number of carboxylic acids is 1. The Morgan fingerprint density at radius 3 is 2.28 bits per heavy atom. The number of carbonyl (C=O) groups excluding carboxylic acids is 1. The molecule has 2 atom stereocenters. The molecule has 1 rings (SSSR count). The minimum Gasteiger partial charge on any atom is -0.481 e. The Labute approximate surface area is 106 Å². The number of sulfonamides is 1. The van der Waals surface area contributed by atoms with E-state index in [0.29, 0.717) is 6.54 Å². The Balaban J connectivity index is 3.03. The average molecular weight is 278 g/mol. The van der Waals surface area contributed by atoms with E-state index in [-0.39, 0.29) is 18.9 Å². The van der Waals surface area contributed by atoms with Crippen LogP contribution in [0.4, 0.5) is 0 Å². The first-order valence-electron chi connectivity index (χ1n) is 5.60. The number of hydrogen-bond donors (Lipinski definition) is 1. The highest BCUT2D eigenvalue weighted by molar-refractivity contribution is 7.88. The molecule has 18 heavy (non-hydrogen) atoms. The lowest BCUT2D eigenvalue weighted by molar-refractivity contribution is -0.142. The van der Waals surface area contributed by atoms with E-state index in [1.54, 1.807) is 6.92 Å². The normalized spacial score (nSPS) is 26.1. The third kappa shape index (κ3) is 3.20. The third-order valence-electron chi connectivity index (χ3n) is 3.19. The zero-order chi connectivity index (χ0) is 14.1. The van der Waals surface area contributed by atoms with Gasteiger partial charge in [0.2, 0.25) is 15.9 Å². The summed E-state index contributed by atoms with van der Waals surface area (Å²) in [5.74, 6) is -1.25. The van der Waals surface area contributed by atoms with E-state index in [9.17, 15) is 18.0 Å². The fourth-order valence-electron chi connectivity index (χ4n) is 2.33. The third-order valence-corrected chi connectivity index (χ3v) is 4.50. The summed E-state index contributed by atoms with van der Waals surface area (Å²) in [6.07, 6.45) is 0.746. The highest BCUT2D eigenvalue weighted by atomic mass is 32.2. The van der Waals surface area contributed by atoms with Crippen LogP contribution in [0.3, 0.4) is 0 Å². The van der Waals surface area contributed by atoms with Crippen LogP contribution in [0.15, 0.2) is 0 Å². The van der Waals surface area contributed by atoms with Gasteiger partial charge < -0.3 is 10.0 Å². The second-order valence-electron chi connectivity index (χ2n) is 4.49. The Bertz CT molecular complexity index is 447. The largest absolute Gasteiger partial charge is 0.481 e. The van der Waals surface area contributed by atoms with E-state index in [2.05, 4.69) is 0 Å². The number of piperazine rings is 1. The summed E-state index contributed by atoms with van der Waals surface area (Å²) in [5, 5.41) is 8.87. The quantitative estimate of drug-likeness (QED) is 0.739. The molecule has 0 radical (unpaired) electrons. The number of carboxylic acid groups (broad SMARTS) is 1. The number of hydrogen-bond acceptors (Lipinski definition) is 4.